The summed E-state index contributed by atoms with van der Waals surface area (Å²) in [7, 11) is 0. The Labute approximate surface area is 350 Å². The zero-order valence-electron chi connectivity index (χ0n) is 37.8. The Kier molecular flexibility index (Phi) is 19.1. The zero-order chi connectivity index (χ0) is 41.1. The standard InChI is InChI=1S/C54H79NO2/c1-10-17-19-21-23-25-39-56-51-42-50(54(9,15-6)16-7)52(57-40-26-24-22-20-18-11-2)41-49(51)44-29-35-47(36-30-44)55(46-33-27-43(12-3)28-34-46)48-37-31-45(32-38-48)53(8,13-4)14-5/h27-38,41-42H,10-26,39-40H2,1-9H3. The van der Waals surface area contributed by atoms with Crippen LogP contribution in [0.3, 0.4) is 0 Å². The van der Waals surface area contributed by atoms with Gasteiger partial charge in [-0.3, -0.25) is 0 Å². The fourth-order valence-electron chi connectivity index (χ4n) is 8.05. The monoisotopic (exact) mass is 774 g/mol. The van der Waals surface area contributed by atoms with Crippen molar-refractivity contribution in [3.05, 3.63) is 102 Å². The van der Waals surface area contributed by atoms with Gasteiger partial charge in [-0.05, 0) is 121 Å². The lowest BCUT2D eigenvalue weighted by atomic mass is 9.76. The molecule has 0 saturated carbocycles. The third-order valence-corrected chi connectivity index (χ3v) is 13.2. The van der Waals surface area contributed by atoms with Crippen LogP contribution in [0.15, 0.2) is 84.9 Å². The Hall–Kier alpha value is -3.72. The van der Waals surface area contributed by atoms with Crippen LogP contribution in [0, 0.1) is 0 Å². The van der Waals surface area contributed by atoms with Gasteiger partial charge in [0.05, 0.1) is 13.2 Å². The van der Waals surface area contributed by atoms with Crippen LogP contribution in [0.4, 0.5) is 17.1 Å². The topological polar surface area (TPSA) is 21.7 Å². The highest BCUT2D eigenvalue weighted by Gasteiger charge is 2.29. The quantitative estimate of drug-likeness (QED) is 0.0563. The average Bonchev–Trinajstić information content (AvgIpc) is 3.26. The molecule has 0 aliphatic carbocycles. The number of aryl methyl sites for hydroxylation is 1. The van der Waals surface area contributed by atoms with Crippen molar-refractivity contribution in [2.45, 2.75) is 182 Å². The normalized spacial score (nSPS) is 11.9. The molecule has 4 aromatic rings. The summed E-state index contributed by atoms with van der Waals surface area (Å²) in [4.78, 5) is 2.39. The first-order valence-corrected chi connectivity index (χ1v) is 23.2. The van der Waals surface area contributed by atoms with Gasteiger partial charge in [-0.2, -0.15) is 0 Å². The van der Waals surface area contributed by atoms with E-state index in [0.29, 0.717) is 0 Å². The fraction of sp³-hybridized carbons (Fsp3) is 0.556. The molecule has 0 aliphatic heterocycles. The Morgan fingerprint density at radius 3 is 1.37 bits per heavy atom. The third kappa shape index (κ3) is 12.6. The number of benzene rings is 4. The molecule has 0 bridgehead atoms. The van der Waals surface area contributed by atoms with E-state index in [0.717, 1.165) is 92.2 Å². The molecule has 0 heterocycles. The lowest BCUT2D eigenvalue weighted by molar-refractivity contribution is 0.285. The molecule has 0 atom stereocenters. The van der Waals surface area contributed by atoms with E-state index in [4.69, 9.17) is 9.47 Å². The Balaban J connectivity index is 1.75. The van der Waals surface area contributed by atoms with Crippen LogP contribution in [-0.2, 0) is 17.3 Å². The van der Waals surface area contributed by atoms with Crippen molar-refractivity contribution in [1.82, 2.24) is 0 Å². The number of hydrogen-bond acceptors (Lipinski definition) is 3. The average molecular weight is 774 g/mol. The molecular formula is C54H79NO2. The molecule has 312 valence electrons. The lowest BCUT2D eigenvalue weighted by Gasteiger charge is -2.31. The number of hydrogen-bond donors (Lipinski definition) is 0. The summed E-state index contributed by atoms with van der Waals surface area (Å²) in [5.74, 6) is 1.99. The van der Waals surface area contributed by atoms with Crippen molar-refractivity contribution in [3.8, 4) is 22.6 Å². The van der Waals surface area contributed by atoms with Crippen LogP contribution < -0.4 is 14.4 Å². The smallest absolute Gasteiger partial charge is 0.127 e. The summed E-state index contributed by atoms with van der Waals surface area (Å²) < 4.78 is 13.6. The zero-order valence-corrected chi connectivity index (χ0v) is 37.8. The lowest BCUT2D eigenvalue weighted by Crippen LogP contribution is -2.21. The molecule has 0 aliphatic rings. The van der Waals surface area contributed by atoms with Gasteiger partial charge >= 0.3 is 0 Å². The highest BCUT2D eigenvalue weighted by Crippen LogP contribution is 2.45. The number of ether oxygens (including phenoxy) is 2. The van der Waals surface area contributed by atoms with E-state index < -0.39 is 0 Å². The molecule has 0 N–H and O–H groups in total. The molecule has 4 aromatic carbocycles. The SMILES string of the molecule is CCCCCCCCOc1cc(C(C)(CC)CC)c(OCCCCCCCC)cc1-c1ccc(N(c2ccc(CC)cc2)c2ccc(C(C)(CC)CC)cc2)cc1. The molecule has 0 spiro atoms. The molecule has 0 radical (unpaired) electrons. The molecule has 0 saturated heterocycles. The second-order valence-electron chi connectivity index (χ2n) is 17.1. The maximum atomic E-state index is 6.79. The minimum absolute atomic E-state index is 0.00613. The molecule has 0 amide bonds. The molecule has 0 unspecified atom stereocenters. The first-order chi connectivity index (χ1) is 27.7. The molecular weight excluding hydrogens is 695 g/mol. The second-order valence-corrected chi connectivity index (χ2v) is 17.1. The summed E-state index contributed by atoms with van der Waals surface area (Å²) in [6, 6.07) is 32.1. The van der Waals surface area contributed by atoms with Gasteiger partial charge in [-0.25, -0.2) is 0 Å². The summed E-state index contributed by atoms with van der Waals surface area (Å²) in [5, 5.41) is 0. The fourth-order valence-corrected chi connectivity index (χ4v) is 8.05. The Morgan fingerprint density at radius 1 is 0.456 bits per heavy atom. The van der Waals surface area contributed by atoms with Gasteiger partial charge in [0.2, 0.25) is 0 Å². The minimum Gasteiger partial charge on any atom is -0.493 e. The van der Waals surface area contributed by atoms with Crippen LogP contribution in [0.25, 0.3) is 11.1 Å². The van der Waals surface area contributed by atoms with Crippen molar-refractivity contribution >= 4 is 17.1 Å². The summed E-state index contributed by atoms with van der Waals surface area (Å²) in [6.45, 7) is 22.3. The number of anilines is 3. The van der Waals surface area contributed by atoms with Crippen molar-refractivity contribution in [3.63, 3.8) is 0 Å². The molecule has 3 heteroatoms. The molecule has 0 fully saturated rings. The summed E-state index contributed by atoms with van der Waals surface area (Å²) >= 11 is 0. The maximum absolute atomic E-state index is 6.79. The van der Waals surface area contributed by atoms with Crippen LogP contribution >= 0.6 is 0 Å². The van der Waals surface area contributed by atoms with E-state index in [1.807, 2.05) is 0 Å². The van der Waals surface area contributed by atoms with Gasteiger partial charge in [-0.1, -0.05) is 163 Å². The maximum Gasteiger partial charge on any atom is 0.127 e. The van der Waals surface area contributed by atoms with Gasteiger partial charge in [0, 0.05) is 28.2 Å². The van der Waals surface area contributed by atoms with Crippen molar-refractivity contribution in [2.24, 2.45) is 0 Å². The molecule has 0 aromatic heterocycles. The van der Waals surface area contributed by atoms with Crippen LogP contribution in [0.2, 0.25) is 0 Å². The molecule has 4 rings (SSSR count). The van der Waals surface area contributed by atoms with E-state index in [2.05, 4.69) is 152 Å². The van der Waals surface area contributed by atoms with Gasteiger partial charge in [0.25, 0.3) is 0 Å². The van der Waals surface area contributed by atoms with Gasteiger partial charge in [0.1, 0.15) is 11.5 Å². The van der Waals surface area contributed by atoms with Gasteiger partial charge < -0.3 is 14.4 Å². The summed E-state index contributed by atoms with van der Waals surface area (Å²) in [6.07, 6.45) is 20.4. The van der Waals surface area contributed by atoms with Crippen molar-refractivity contribution in [2.75, 3.05) is 18.1 Å². The third-order valence-electron chi connectivity index (χ3n) is 13.2. The first-order valence-electron chi connectivity index (χ1n) is 23.2. The van der Waals surface area contributed by atoms with E-state index in [-0.39, 0.29) is 10.8 Å². The Morgan fingerprint density at radius 2 is 0.895 bits per heavy atom. The highest BCUT2D eigenvalue weighted by atomic mass is 16.5. The van der Waals surface area contributed by atoms with Gasteiger partial charge in [0.15, 0.2) is 0 Å². The second kappa shape index (κ2) is 23.6. The van der Waals surface area contributed by atoms with E-state index in [1.54, 1.807) is 0 Å². The van der Waals surface area contributed by atoms with Crippen LogP contribution in [0.5, 0.6) is 11.5 Å². The van der Waals surface area contributed by atoms with Crippen LogP contribution in [-0.4, -0.2) is 13.2 Å². The van der Waals surface area contributed by atoms with E-state index >= 15 is 0 Å². The van der Waals surface area contributed by atoms with Gasteiger partial charge in [-0.15, -0.1) is 0 Å². The number of unbranched alkanes of at least 4 members (excludes halogenated alkanes) is 10. The number of nitrogens with zero attached hydrogens (tertiary/aromatic N) is 1. The van der Waals surface area contributed by atoms with Crippen LogP contribution in [0.1, 0.15) is 182 Å². The van der Waals surface area contributed by atoms with E-state index in [9.17, 15) is 0 Å². The summed E-state index contributed by atoms with van der Waals surface area (Å²) in [5.41, 5.74) is 9.96. The van der Waals surface area contributed by atoms with Crippen molar-refractivity contribution in [1.29, 1.82) is 0 Å². The molecule has 3 nitrogen and oxygen atoms in total. The highest BCUT2D eigenvalue weighted by molar-refractivity contribution is 5.80. The van der Waals surface area contributed by atoms with E-state index in [1.165, 1.54) is 86.6 Å². The predicted octanol–water partition coefficient (Wildman–Crippen LogP) is 17.0. The molecule has 57 heavy (non-hydrogen) atoms. The minimum atomic E-state index is 0.00613. The Bertz CT molecular complexity index is 1700. The number of rotatable bonds is 27. The predicted molar refractivity (Wildman–Crippen MR) is 250 cm³/mol. The first kappa shape index (κ1) is 46.0. The van der Waals surface area contributed by atoms with Crippen molar-refractivity contribution < 1.29 is 9.47 Å². The largest absolute Gasteiger partial charge is 0.493 e.